The minimum atomic E-state index is -1.34. The topological polar surface area (TPSA) is 103 Å². The molecule has 1 aliphatic heterocycles. The molecular formula is C22H29N3O4S. The van der Waals surface area contributed by atoms with E-state index in [1.165, 1.54) is 0 Å². The summed E-state index contributed by atoms with van der Waals surface area (Å²) in [6.45, 7) is 9.26. The maximum absolute atomic E-state index is 13.4. The summed E-state index contributed by atoms with van der Waals surface area (Å²) in [6, 6.07) is 7.60. The Balaban J connectivity index is 1.84. The van der Waals surface area contributed by atoms with Crippen LogP contribution in [-0.2, 0) is 4.79 Å². The Bertz CT molecular complexity index is 935. The van der Waals surface area contributed by atoms with Crippen molar-refractivity contribution in [2.24, 2.45) is 5.41 Å². The number of hydrogen-bond donors (Lipinski definition) is 3. The van der Waals surface area contributed by atoms with E-state index in [0.29, 0.717) is 0 Å². The Morgan fingerprint density at radius 2 is 1.93 bits per heavy atom. The summed E-state index contributed by atoms with van der Waals surface area (Å²) in [5, 5.41) is 22.9. The summed E-state index contributed by atoms with van der Waals surface area (Å²) >= 11 is 1.58. The number of aliphatic hydroxyl groups is 1. The van der Waals surface area contributed by atoms with Gasteiger partial charge in [0.25, 0.3) is 0 Å². The van der Waals surface area contributed by atoms with Crippen LogP contribution >= 0.6 is 11.3 Å². The molecule has 1 aliphatic rings. The van der Waals surface area contributed by atoms with Gasteiger partial charge < -0.3 is 15.5 Å². The van der Waals surface area contributed by atoms with Gasteiger partial charge in [-0.05, 0) is 30.4 Å². The van der Waals surface area contributed by atoms with Crippen LogP contribution in [-0.4, -0.2) is 50.3 Å². The summed E-state index contributed by atoms with van der Waals surface area (Å²) in [5.74, 6) is -0.385. The third kappa shape index (κ3) is 3.81. The zero-order chi connectivity index (χ0) is 22.3. The van der Waals surface area contributed by atoms with E-state index in [1.807, 2.05) is 64.4 Å². The van der Waals surface area contributed by atoms with Gasteiger partial charge in [-0.2, -0.15) is 0 Å². The minimum absolute atomic E-state index is 0.0721. The monoisotopic (exact) mass is 431 g/mol. The Hall–Kier alpha value is -2.45. The molecule has 2 heterocycles. The van der Waals surface area contributed by atoms with Crippen LogP contribution in [0.15, 0.2) is 29.8 Å². The van der Waals surface area contributed by atoms with E-state index in [9.17, 15) is 19.8 Å². The third-order valence-electron chi connectivity index (χ3n) is 6.00. The van der Waals surface area contributed by atoms with Gasteiger partial charge in [-0.1, -0.05) is 45.0 Å². The fourth-order valence-electron chi connectivity index (χ4n) is 4.29. The van der Waals surface area contributed by atoms with Gasteiger partial charge in [0.1, 0.15) is 5.54 Å². The highest BCUT2D eigenvalue weighted by atomic mass is 32.1. The molecule has 0 unspecified atom stereocenters. The first-order chi connectivity index (χ1) is 14.0. The van der Waals surface area contributed by atoms with E-state index >= 15 is 0 Å². The number of aliphatic hydroxyl groups excluding tert-OH is 1. The Kier molecular flexibility index (Phi) is 5.93. The van der Waals surface area contributed by atoms with Gasteiger partial charge in [-0.3, -0.25) is 9.69 Å². The predicted octanol–water partition coefficient (Wildman–Crippen LogP) is 3.83. The lowest BCUT2D eigenvalue weighted by Crippen LogP contribution is -2.64. The molecule has 7 nitrogen and oxygen atoms in total. The van der Waals surface area contributed by atoms with Crippen LogP contribution in [0.4, 0.5) is 4.79 Å². The number of likely N-dealkylation sites (tertiary alicyclic amines) is 1. The van der Waals surface area contributed by atoms with Gasteiger partial charge >= 0.3 is 6.09 Å². The SMILES string of the molecule is Cc1ncsc1-c1ccc([C@H](C)NC(=O)[C@@]2(C(C)(C)C)C[C@@H](O)CN2C(=O)O)cc1. The number of rotatable bonds is 4. The fourth-order valence-corrected chi connectivity index (χ4v) is 5.10. The summed E-state index contributed by atoms with van der Waals surface area (Å²) < 4.78 is 0. The summed E-state index contributed by atoms with van der Waals surface area (Å²) in [4.78, 5) is 31.8. The Morgan fingerprint density at radius 1 is 1.30 bits per heavy atom. The van der Waals surface area contributed by atoms with Crippen LogP contribution in [0, 0.1) is 12.3 Å². The number of carbonyl (C=O) groups excluding carboxylic acids is 1. The smallest absolute Gasteiger partial charge is 0.408 e. The predicted molar refractivity (Wildman–Crippen MR) is 116 cm³/mol. The zero-order valence-corrected chi connectivity index (χ0v) is 18.8. The molecule has 0 bridgehead atoms. The molecule has 0 aliphatic carbocycles. The number of hydrogen-bond acceptors (Lipinski definition) is 5. The fraction of sp³-hybridized carbons (Fsp3) is 0.500. The number of nitrogens with one attached hydrogen (secondary N) is 1. The number of nitrogens with zero attached hydrogens (tertiary/aromatic N) is 2. The number of aryl methyl sites for hydroxylation is 1. The molecule has 1 saturated heterocycles. The van der Waals surface area contributed by atoms with Gasteiger partial charge in [0.05, 0.1) is 34.8 Å². The van der Waals surface area contributed by atoms with Crippen molar-refractivity contribution >= 4 is 23.3 Å². The van der Waals surface area contributed by atoms with Crippen LogP contribution in [0.25, 0.3) is 10.4 Å². The molecule has 2 aromatic rings. The molecule has 162 valence electrons. The van der Waals surface area contributed by atoms with Crippen molar-refractivity contribution in [2.45, 2.75) is 58.7 Å². The number of carbonyl (C=O) groups is 2. The Labute approximate surface area is 180 Å². The average Bonchev–Trinajstić information content (AvgIpc) is 3.25. The number of aromatic nitrogens is 1. The molecule has 1 aromatic heterocycles. The number of amides is 2. The van der Waals surface area contributed by atoms with E-state index in [-0.39, 0.29) is 24.9 Å². The van der Waals surface area contributed by atoms with Crippen LogP contribution < -0.4 is 5.32 Å². The minimum Gasteiger partial charge on any atom is -0.465 e. The second-order valence-electron chi connectivity index (χ2n) is 8.95. The number of thiazole rings is 1. The van der Waals surface area contributed by atoms with Gasteiger partial charge in [0.2, 0.25) is 5.91 Å². The molecule has 30 heavy (non-hydrogen) atoms. The first kappa shape index (κ1) is 22.2. The van der Waals surface area contributed by atoms with E-state index in [4.69, 9.17) is 0 Å². The molecule has 1 aromatic carbocycles. The highest BCUT2D eigenvalue weighted by Crippen LogP contribution is 2.44. The van der Waals surface area contributed by atoms with Gasteiger partial charge in [-0.25, -0.2) is 9.78 Å². The van der Waals surface area contributed by atoms with Crippen molar-refractivity contribution in [3.05, 3.63) is 41.0 Å². The second-order valence-corrected chi connectivity index (χ2v) is 9.80. The molecule has 2 amide bonds. The maximum atomic E-state index is 13.4. The van der Waals surface area contributed by atoms with Crippen molar-refractivity contribution in [1.29, 1.82) is 0 Å². The van der Waals surface area contributed by atoms with Crippen LogP contribution in [0.1, 0.15) is 51.4 Å². The molecular weight excluding hydrogens is 402 g/mol. The molecule has 0 spiro atoms. The molecule has 0 saturated carbocycles. The summed E-state index contributed by atoms with van der Waals surface area (Å²) in [7, 11) is 0. The van der Waals surface area contributed by atoms with E-state index in [0.717, 1.165) is 26.6 Å². The van der Waals surface area contributed by atoms with Crippen molar-refractivity contribution in [3.8, 4) is 10.4 Å². The lowest BCUT2D eigenvalue weighted by Gasteiger charge is -2.45. The summed E-state index contributed by atoms with van der Waals surface area (Å²) in [6.07, 6.45) is -2.00. The van der Waals surface area contributed by atoms with Gasteiger partial charge in [0, 0.05) is 6.42 Å². The van der Waals surface area contributed by atoms with Crippen LogP contribution in [0.2, 0.25) is 0 Å². The van der Waals surface area contributed by atoms with Crippen molar-refractivity contribution in [2.75, 3.05) is 6.54 Å². The first-order valence-corrected chi connectivity index (χ1v) is 10.9. The summed E-state index contributed by atoms with van der Waals surface area (Å²) in [5.41, 5.74) is 2.75. The zero-order valence-electron chi connectivity index (χ0n) is 18.0. The number of β-amino-alcohol motifs (C(OH)–C–C–N with tert-alkyl or cyclic N) is 1. The lowest BCUT2D eigenvalue weighted by molar-refractivity contribution is -0.138. The molecule has 3 rings (SSSR count). The largest absolute Gasteiger partial charge is 0.465 e. The van der Waals surface area contributed by atoms with Crippen molar-refractivity contribution < 1.29 is 19.8 Å². The van der Waals surface area contributed by atoms with Gasteiger partial charge in [-0.15, -0.1) is 11.3 Å². The normalized spacial score (nSPS) is 22.7. The molecule has 3 atom stereocenters. The molecule has 1 fully saturated rings. The van der Waals surface area contributed by atoms with Crippen molar-refractivity contribution in [1.82, 2.24) is 15.2 Å². The van der Waals surface area contributed by atoms with Crippen LogP contribution in [0.5, 0.6) is 0 Å². The third-order valence-corrected chi connectivity index (χ3v) is 6.98. The highest BCUT2D eigenvalue weighted by Gasteiger charge is 2.60. The van der Waals surface area contributed by atoms with E-state index in [1.54, 1.807) is 11.3 Å². The van der Waals surface area contributed by atoms with E-state index in [2.05, 4.69) is 10.3 Å². The lowest BCUT2D eigenvalue weighted by atomic mass is 9.70. The first-order valence-electron chi connectivity index (χ1n) is 9.97. The molecule has 3 N–H and O–H groups in total. The number of benzene rings is 1. The van der Waals surface area contributed by atoms with Crippen molar-refractivity contribution in [3.63, 3.8) is 0 Å². The number of carboxylic acid groups (broad SMARTS) is 1. The highest BCUT2D eigenvalue weighted by molar-refractivity contribution is 7.13. The molecule has 0 radical (unpaired) electrons. The maximum Gasteiger partial charge on any atom is 0.408 e. The average molecular weight is 432 g/mol. The van der Waals surface area contributed by atoms with Gasteiger partial charge in [0.15, 0.2) is 0 Å². The quantitative estimate of drug-likeness (QED) is 0.683. The standard InChI is InChI=1S/C22H29N3O4S/c1-13(15-6-8-16(9-7-15)18-14(2)23-12-30-18)24-19(27)22(21(3,4)5)10-17(26)11-25(22)20(28)29/h6-9,12-13,17,26H,10-11H2,1-5H3,(H,24,27)(H,28,29)/t13-,17+,22+/m0/s1. The van der Waals surface area contributed by atoms with E-state index < -0.39 is 23.2 Å². The van der Waals surface area contributed by atoms with Crippen LogP contribution in [0.3, 0.4) is 0 Å². The Morgan fingerprint density at radius 3 is 2.43 bits per heavy atom. The molecule has 8 heteroatoms. The second kappa shape index (κ2) is 8.00.